The number of hydrogen-bond acceptors (Lipinski definition) is 4. The number of para-hydroxylation sites is 2. The van der Waals surface area contributed by atoms with Crippen LogP contribution in [0.5, 0.6) is 0 Å². The van der Waals surface area contributed by atoms with Crippen molar-refractivity contribution < 1.29 is 14.4 Å². The molecule has 1 saturated heterocycles. The van der Waals surface area contributed by atoms with E-state index in [1.807, 2.05) is 6.07 Å². The number of hydrogen-bond donors (Lipinski definition) is 2. The van der Waals surface area contributed by atoms with Gasteiger partial charge in [0.05, 0.1) is 11.4 Å². The van der Waals surface area contributed by atoms with Gasteiger partial charge >= 0.3 is 0 Å². The Bertz CT molecular complexity index is 626. The molecule has 2 heterocycles. The smallest absolute Gasteiger partial charge is 0.244 e. The molecule has 7 heteroatoms. The van der Waals surface area contributed by atoms with Gasteiger partial charge in [-0.15, -0.1) is 0 Å². The van der Waals surface area contributed by atoms with E-state index in [0.717, 1.165) is 13.1 Å². The number of rotatable bonds is 3. The van der Waals surface area contributed by atoms with Crippen LogP contribution in [0.25, 0.3) is 0 Å². The number of fused-ring (bicyclic) bond motifs is 1. The summed E-state index contributed by atoms with van der Waals surface area (Å²) in [5, 5.41) is 5.93. The highest BCUT2D eigenvalue weighted by molar-refractivity contribution is 6.10. The number of amides is 3. The Labute approximate surface area is 134 Å². The molecule has 0 saturated carbocycles. The summed E-state index contributed by atoms with van der Waals surface area (Å²) in [7, 11) is 0. The number of benzene rings is 1. The first kappa shape index (κ1) is 15.5. The fourth-order valence-corrected chi connectivity index (χ4v) is 2.88. The normalized spacial score (nSPS) is 17.5. The first-order valence-electron chi connectivity index (χ1n) is 7.83. The minimum Gasteiger partial charge on any atom is -0.340 e. The quantitative estimate of drug-likeness (QED) is 0.834. The third-order valence-corrected chi connectivity index (χ3v) is 4.09. The Balaban J connectivity index is 1.62. The van der Waals surface area contributed by atoms with Crippen molar-refractivity contribution in [2.75, 3.05) is 42.9 Å². The molecule has 0 bridgehead atoms. The molecule has 122 valence electrons. The molecule has 1 aromatic rings. The molecule has 2 aliphatic rings. The summed E-state index contributed by atoms with van der Waals surface area (Å²) in [4.78, 5) is 39.6. The number of nitrogens with zero attached hydrogens (tertiary/aromatic N) is 2. The molecule has 1 aromatic carbocycles. The molecule has 0 aromatic heterocycles. The zero-order valence-electron chi connectivity index (χ0n) is 12.9. The van der Waals surface area contributed by atoms with E-state index >= 15 is 0 Å². The Morgan fingerprint density at radius 2 is 1.74 bits per heavy atom. The molecular weight excluding hydrogens is 296 g/mol. The highest BCUT2D eigenvalue weighted by Gasteiger charge is 2.27. The van der Waals surface area contributed by atoms with Crippen LogP contribution in [0.3, 0.4) is 0 Å². The van der Waals surface area contributed by atoms with Crippen molar-refractivity contribution in [2.45, 2.75) is 12.8 Å². The van der Waals surface area contributed by atoms with Crippen molar-refractivity contribution in [2.24, 2.45) is 0 Å². The van der Waals surface area contributed by atoms with Gasteiger partial charge in [0.1, 0.15) is 6.54 Å². The largest absolute Gasteiger partial charge is 0.340 e. The molecule has 0 radical (unpaired) electrons. The van der Waals surface area contributed by atoms with Crippen molar-refractivity contribution in [3.8, 4) is 0 Å². The van der Waals surface area contributed by atoms with Crippen molar-refractivity contribution in [3.63, 3.8) is 0 Å². The lowest BCUT2D eigenvalue weighted by atomic mass is 10.1. The summed E-state index contributed by atoms with van der Waals surface area (Å²) in [5.41, 5.74) is 1.32. The molecule has 0 spiro atoms. The van der Waals surface area contributed by atoms with E-state index in [1.54, 1.807) is 23.1 Å². The fraction of sp³-hybridized carbons (Fsp3) is 0.438. The second-order valence-corrected chi connectivity index (χ2v) is 5.68. The summed E-state index contributed by atoms with van der Waals surface area (Å²) in [6.07, 6.45) is 0.295. The average Bonchev–Trinajstić information content (AvgIpc) is 2.59. The third kappa shape index (κ3) is 3.50. The first-order valence-corrected chi connectivity index (χ1v) is 7.83. The Morgan fingerprint density at radius 3 is 2.52 bits per heavy atom. The number of carbonyl (C=O) groups excluding carboxylic acids is 3. The van der Waals surface area contributed by atoms with Gasteiger partial charge in [0.15, 0.2) is 0 Å². The van der Waals surface area contributed by atoms with Crippen LogP contribution in [0.15, 0.2) is 24.3 Å². The van der Waals surface area contributed by atoms with Gasteiger partial charge in [0.25, 0.3) is 0 Å². The predicted octanol–water partition coefficient (Wildman–Crippen LogP) is 0.184. The van der Waals surface area contributed by atoms with Gasteiger partial charge in [-0.3, -0.25) is 14.4 Å². The zero-order chi connectivity index (χ0) is 16.2. The molecule has 7 nitrogen and oxygen atoms in total. The molecular formula is C16H20N4O3. The zero-order valence-corrected chi connectivity index (χ0v) is 12.9. The summed E-state index contributed by atoms with van der Waals surface area (Å²) >= 11 is 0. The number of anilines is 2. The summed E-state index contributed by atoms with van der Waals surface area (Å²) in [5.74, 6) is -0.420. The molecule has 1 fully saturated rings. The highest BCUT2D eigenvalue weighted by Crippen LogP contribution is 2.29. The van der Waals surface area contributed by atoms with Gasteiger partial charge in [-0.25, -0.2) is 0 Å². The molecule has 0 aliphatic carbocycles. The van der Waals surface area contributed by atoms with Crippen LogP contribution in [0.1, 0.15) is 12.8 Å². The molecule has 2 aliphatic heterocycles. The van der Waals surface area contributed by atoms with E-state index in [-0.39, 0.29) is 37.1 Å². The van der Waals surface area contributed by atoms with E-state index in [4.69, 9.17) is 0 Å². The van der Waals surface area contributed by atoms with Crippen LogP contribution in [0.2, 0.25) is 0 Å². The lowest BCUT2D eigenvalue weighted by Gasteiger charge is -2.30. The lowest BCUT2D eigenvalue weighted by Crippen LogP contribution is -2.47. The molecule has 0 atom stereocenters. The Morgan fingerprint density at radius 1 is 1.04 bits per heavy atom. The maximum Gasteiger partial charge on any atom is 0.244 e. The van der Waals surface area contributed by atoms with Crippen molar-refractivity contribution in [3.05, 3.63) is 24.3 Å². The summed E-state index contributed by atoms with van der Waals surface area (Å²) in [6.45, 7) is 2.94. The third-order valence-electron chi connectivity index (χ3n) is 4.09. The topological polar surface area (TPSA) is 81.8 Å². The van der Waals surface area contributed by atoms with Gasteiger partial charge in [-0.2, -0.15) is 0 Å². The van der Waals surface area contributed by atoms with Gasteiger partial charge in [0.2, 0.25) is 17.7 Å². The van der Waals surface area contributed by atoms with E-state index in [1.165, 1.54) is 4.90 Å². The van der Waals surface area contributed by atoms with Crippen molar-refractivity contribution in [1.82, 2.24) is 10.2 Å². The van der Waals surface area contributed by atoms with Crippen LogP contribution >= 0.6 is 0 Å². The molecule has 3 amide bonds. The van der Waals surface area contributed by atoms with Crippen LogP contribution in [-0.2, 0) is 14.4 Å². The van der Waals surface area contributed by atoms with E-state index < -0.39 is 0 Å². The monoisotopic (exact) mass is 316 g/mol. The van der Waals surface area contributed by atoms with Gasteiger partial charge in [0, 0.05) is 39.0 Å². The van der Waals surface area contributed by atoms with Crippen LogP contribution < -0.4 is 15.5 Å². The Kier molecular flexibility index (Phi) is 4.57. The highest BCUT2D eigenvalue weighted by atomic mass is 16.2. The maximum absolute atomic E-state index is 12.5. The summed E-state index contributed by atoms with van der Waals surface area (Å²) < 4.78 is 0. The van der Waals surface area contributed by atoms with Crippen molar-refractivity contribution >= 4 is 29.1 Å². The van der Waals surface area contributed by atoms with Gasteiger partial charge < -0.3 is 20.4 Å². The molecule has 3 rings (SSSR count). The standard InChI is InChI=1S/C16H20N4O3/c21-14-11-20(13-4-2-1-3-12(13)18-14)16(23)6-5-15(22)19-9-7-17-8-10-19/h1-4,17H,5-11H2,(H,18,21). The van der Waals surface area contributed by atoms with Crippen LogP contribution in [0, 0.1) is 0 Å². The SMILES string of the molecule is O=C1CN(C(=O)CCC(=O)N2CCNCC2)c2ccccc2N1. The van der Waals surface area contributed by atoms with E-state index in [0.29, 0.717) is 24.5 Å². The first-order chi connectivity index (χ1) is 11.1. The van der Waals surface area contributed by atoms with Crippen LogP contribution in [0.4, 0.5) is 11.4 Å². The lowest BCUT2D eigenvalue weighted by molar-refractivity contribution is -0.133. The molecule has 23 heavy (non-hydrogen) atoms. The number of piperazine rings is 1. The molecule has 2 N–H and O–H groups in total. The fourth-order valence-electron chi connectivity index (χ4n) is 2.88. The second kappa shape index (κ2) is 6.78. The second-order valence-electron chi connectivity index (χ2n) is 5.68. The molecule has 0 unspecified atom stereocenters. The van der Waals surface area contributed by atoms with Gasteiger partial charge in [-0.1, -0.05) is 12.1 Å². The predicted molar refractivity (Wildman–Crippen MR) is 86.1 cm³/mol. The summed E-state index contributed by atoms with van der Waals surface area (Å²) in [6, 6.07) is 7.19. The average molecular weight is 316 g/mol. The minimum absolute atomic E-state index is 0.00231. The van der Waals surface area contributed by atoms with E-state index in [9.17, 15) is 14.4 Å². The number of nitrogens with one attached hydrogen (secondary N) is 2. The Hall–Kier alpha value is -2.41. The van der Waals surface area contributed by atoms with Gasteiger partial charge in [-0.05, 0) is 12.1 Å². The van der Waals surface area contributed by atoms with Crippen molar-refractivity contribution in [1.29, 1.82) is 0 Å². The van der Waals surface area contributed by atoms with E-state index in [2.05, 4.69) is 10.6 Å². The number of carbonyl (C=O) groups is 3. The maximum atomic E-state index is 12.5. The minimum atomic E-state index is -0.217. The van der Waals surface area contributed by atoms with Crippen LogP contribution in [-0.4, -0.2) is 55.3 Å².